The fraction of sp³-hybridized carbons (Fsp3) is 0.538. The molecular weight excluding hydrogens is 270 g/mol. The first-order valence-electron chi connectivity index (χ1n) is 7.07. The first kappa shape index (κ1) is 15.2. The van der Waals surface area contributed by atoms with Gasteiger partial charge in [0, 0.05) is 0 Å². The van der Waals surface area contributed by atoms with Crippen LogP contribution in [0.15, 0.2) is 12.7 Å². The molecule has 1 amide bonds. The number of anilines is 1. The zero-order chi connectivity index (χ0) is 15.2. The Hall–Kier alpha value is -2.22. The van der Waals surface area contributed by atoms with Gasteiger partial charge in [0.15, 0.2) is 11.5 Å². The molecule has 0 aliphatic rings. The average Bonchev–Trinajstić information content (AvgIpc) is 2.88. The van der Waals surface area contributed by atoms with Crippen LogP contribution < -0.4 is 17.2 Å². The van der Waals surface area contributed by atoms with E-state index in [1.165, 1.54) is 6.33 Å². The minimum absolute atomic E-state index is 0.296. The fourth-order valence-corrected chi connectivity index (χ4v) is 2.35. The summed E-state index contributed by atoms with van der Waals surface area (Å²) in [5.41, 5.74) is 17.7. The van der Waals surface area contributed by atoms with Gasteiger partial charge in [-0.25, -0.2) is 15.0 Å². The molecule has 0 aliphatic carbocycles. The molecule has 114 valence electrons. The Morgan fingerprint density at radius 3 is 2.67 bits per heavy atom. The molecule has 0 radical (unpaired) electrons. The van der Waals surface area contributed by atoms with Crippen LogP contribution in [0.2, 0.25) is 0 Å². The number of hydrogen-bond acceptors (Lipinski definition) is 6. The summed E-state index contributed by atoms with van der Waals surface area (Å²) in [5, 5.41) is 0. The summed E-state index contributed by atoms with van der Waals surface area (Å²) in [5.74, 6) is -0.102. The van der Waals surface area contributed by atoms with Gasteiger partial charge in [-0.1, -0.05) is 19.3 Å². The molecular formula is C13H21N7O. The van der Waals surface area contributed by atoms with Crippen molar-refractivity contribution in [2.24, 2.45) is 11.5 Å². The molecule has 8 nitrogen and oxygen atoms in total. The molecule has 0 spiro atoms. The Morgan fingerprint density at radius 1 is 1.19 bits per heavy atom. The summed E-state index contributed by atoms with van der Waals surface area (Å²) in [4.78, 5) is 23.9. The molecule has 2 heterocycles. The van der Waals surface area contributed by atoms with Crippen molar-refractivity contribution in [1.82, 2.24) is 19.5 Å². The van der Waals surface area contributed by atoms with E-state index >= 15 is 0 Å². The number of aromatic nitrogens is 4. The Morgan fingerprint density at radius 2 is 1.95 bits per heavy atom. The molecule has 0 fully saturated rings. The van der Waals surface area contributed by atoms with Crippen LogP contribution in [0, 0.1) is 0 Å². The zero-order valence-corrected chi connectivity index (χ0v) is 11.9. The van der Waals surface area contributed by atoms with E-state index in [9.17, 15) is 4.79 Å². The molecule has 8 heteroatoms. The van der Waals surface area contributed by atoms with E-state index in [-0.39, 0.29) is 0 Å². The number of unbranched alkanes of at least 4 members (excludes halogenated alkanes) is 3. The van der Waals surface area contributed by atoms with Crippen molar-refractivity contribution < 1.29 is 4.79 Å². The van der Waals surface area contributed by atoms with Crippen LogP contribution in [-0.2, 0) is 4.79 Å². The second kappa shape index (κ2) is 6.98. The Labute approximate surface area is 122 Å². The van der Waals surface area contributed by atoms with E-state index in [2.05, 4.69) is 15.0 Å². The van der Waals surface area contributed by atoms with Gasteiger partial charge in [0.25, 0.3) is 0 Å². The quantitative estimate of drug-likeness (QED) is 0.599. The predicted octanol–water partition coefficient (Wildman–Crippen LogP) is 0.344. The molecule has 6 N–H and O–H groups in total. The second-order valence-electron chi connectivity index (χ2n) is 4.99. The highest BCUT2D eigenvalue weighted by Gasteiger charge is 2.20. The number of rotatable bonds is 8. The number of carbonyl (C=O) groups is 1. The number of nitrogens with zero attached hydrogens (tertiary/aromatic N) is 4. The van der Waals surface area contributed by atoms with Gasteiger partial charge in [-0.2, -0.15) is 0 Å². The van der Waals surface area contributed by atoms with E-state index in [1.54, 1.807) is 10.9 Å². The normalized spacial score (nSPS) is 12.6. The Bertz CT molecular complexity index is 610. The highest BCUT2D eigenvalue weighted by molar-refractivity contribution is 5.84. The van der Waals surface area contributed by atoms with Crippen molar-refractivity contribution in [1.29, 1.82) is 0 Å². The van der Waals surface area contributed by atoms with Crippen molar-refractivity contribution in [3.8, 4) is 0 Å². The van der Waals surface area contributed by atoms with Crippen molar-refractivity contribution in [3.05, 3.63) is 12.7 Å². The van der Waals surface area contributed by atoms with E-state index in [1.807, 2.05) is 0 Å². The molecule has 1 unspecified atom stereocenters. The molecule has 1 atom stereocenters. The zero-order valence-electron chi connectivity index (χ0n) is 11.9. The molecule has 2 rings (SSSR count). The minimum Gasteiger partial charge on any atom is -0.382 e. The lowest BCUT2D eigenvalue weighted by Gasteiger charge is -2.15. The summed E-state index contributed by atoms with van der Waals surface area (Å²) < 4.78 is 1.68. The van der Waals surface area contributed by atoms with Gasteiger partial charge < -0.3 is 21.8 Å². The predicted molar refractivity (Wildman–Crippen MR) is 80.1 cm³/mol. The van der Waals surface area contributed by atoms with E-state index in [4.69, 9.17) is 17.2 Å². The number of nitrogens with two attached hydrogens (primary N) is 3. The molecule has 0 bridgehead atoms. The second-order valence-corrected chi connectivity index (χ2v) is 4.99. The smallest absolute Gasteiger partial charge is 0.240 e. The number of imidazole rings is 1. The number of nitrogen functional groups attached to an aromatic ring is 1. The number of hydrogen-bond donors (Lipinski definition) is 3. The highest BCUT2D eigenvalue weighted by Crippen LogP contribution is 2.22. The third kappa shape index (κ3) is 3.46. The molecule has 0 aliphatic heterocycles. The van der Waals surface area contributed by atoms with Crippen molar-refractivity contribution in [3.63, 3.8) is 0 Å². The van der Waals surface area contributed by atoms with Gasteiger partial charge in [-0.15, -0.1) is 0 Å². The topological polar surface area (TPSA) is 139 Å². The average molecular weight is 291 g/mol. The molecule has 0 saturated heterocycles. The van der Waals surface area contributed by atoms with E-state index < -0.39 is 11.9 Å². The van der Waals surface area contributed by atoms with Gasteiger partial charge in [-0.3, -0.25) is 4.79 Å². The number of amides is 1. The first-order chi connectivity index (χ1) is 10.1. The van der Waals surface area contributed by atoms with E-state index in [0.29, 0.717) is 29.9 Å². The largest absolute Gasteiger partial charge is 0.382 e. The number of fused-ring (bicyclic) bond motifs is 1. The molecule has 21 heavy (non-hydrogen) atoms. The molecule has 0 saturated carbocycles. The van der Waals surface area contributed by atoms with Crippen molar-refractivity contribution >= 4 is 22.9 Å². The van der Waals surface area contributed by atoms with Crippen LogP contribution in [-0.4, -0.2) is 32.0 Å². The van der Waals surface area contributed by atoms with Crippen LogP contribution in [0.25, 0.3) is 11.2 Å². The summed E-state index contributed by atoms with van der Waals surface area (Å²) in [6, 6.07) is -0.470. The van der Waals surface area contributed by atoms with Crippen LogP contribution in [0.4, 0.5) is 5.82 Å². The summed E-state index contributed by atoms with van der Waals surface area (Å²) >= 11 is 0. The first-order valence-corrected chi connectivity index (χ1v) is 7.07. The lowest BCUT2D eigenvalue weighted by Crippen LogP contribution is -2.26. The van der Waals surface area contributed by atoms with Crippen molar-refractivity contribution in [2.75, 3.05) is 12.3 Å². The molecule has 2 aromatic rings. The number of carbonyl (C=O) groups excluding carboxylic acids is 1. The standard InChI is InChI=1S/C13H21N7O/c14-6-4-2-1-3-5-9(12(16)21)20-8-19-10-11(15)17-7-18-13(10)20/h7-9H,1-6,14H2,(H2,16,21)(H2,15,17,18). The summed E-state index contributed by atoms with van der Waals surface area (Å²) in [6.45, 7) is 0.696. The van der Waals surface area contributed by atoms with Gasteiger partial charge in [0.2, 0.25) is 5.91 Å². The van der Waals surface area contributed by atoms with Crippen molar-refractivity contribution in [2.45, 2.75) is 38.1 Å². The maximum atomic E-state index is 11.7. The maximum Gasteiger partial charge on any atom is 0.240 e. The van der Waals surface area contributed by atoms with Crippen LogP contribution in [0.1, 0.15) is 38.1 Å². The van der Waals surface area contributed by atoms with Crippen LogP contribution in [0.5, 0.6) is 0 Å². The molecule has 2 aromatic heterocycles. The van der Waals surface area contributed by atoms with Gasteiger partial charge in [0.1, 0.15) is 17.9 Å². The van der Waals surface area contributed by atoms with Gasteiger partial charge in [0.05, 0.1) is 6.33 Å². The fourth-order valence-electron chi connectivity index (χ4n) is 2.35. The third-order valence-corrected chi connectivity index (χ3v) is 3.48. The Kier molecular flexibility index (Phi) is 5.04. The lowest BCUT2D eigenvalue weighted by molar-refractivity contribution is -0.121. The minimum atomic E-state index is -0.470. The SMILES string of the molecule is NCCCCCCC(C(N)=O)n1cnc2c(N)ncnc21. The summed E-state index contributed by atoms with van der Waals surface area (Å²) in [6.07, 6.45) is 7.52. The van der Waals surface area contributed by atoms with Crippen LogP contribution in [0.3, 0.4) is 0 Å². The maximum absolute atomic E-state index is 11.7. The number of primary amides is 1. The van der Waals surface area contributed by atoms with E-state index in [0.717, 1.165) is 25.7 Å². The summed E-state index contributed by atoms with van der Waals surface area (Å²) in [7, 11) is 0. The third-order valence-electron chi connectivity index (χ3n) is 3.48. The van der Waals surface area contributed by atoms with Gasteiger partial charge >= 0.3 is 0 Å². The van der Waals surface area contributed by atoms with Gasteiger partial charge in [-0.05, 0) is 19.4 Å². The molecule has 0 aromatic carbocycles. The highest BCUT2D eigenvalue weighted by atomic mass is 16.1. The monoisotopic (exact) mass is 291 g/mol. The lowest BCUT2D eigenvalue weighted by atomic mass is 10.1. The Balaban J connectivity index is 2.13. The van der Waals surface area contributed by atoms with Crippen LogP contribution >= 0.6 is 0 Å².